The van der Waals surface area contributed by atoms with Gasteiger partial charge in [0.2, 0.25) is 0 Å². The first-order chi connectivity index (χ1) is 15.1. The number of ether oxygens (including phenoxy) is 1. The number of carbonyl (C=O) groups excluding carboxylic acids is 1. The molecule has 7 heteroatoms. The maximum atomic E-state index is 13.7. The van der Waals surface area contributed by atoms with E-state index in [2.05, 4.69) is 4.90 Å². The lowest BCUT2D eigenvalue weighted by molar-refractivity contribution is 0.0984. The number of rotatable bonds is 8. The van der Waals surface area contributed by atoms with Gasteiger partial charge in [0.1, 0.15) is 11.5 Å². The predicted octanol–water partition coefficient (Wildman–Crippen LogP) is 6.11. The Kier molecular flexibility index (Phi) is 8.22. The van der Waals surface area contributed by atoms with Gasteiger partial charge in [-0.25, -0.2) is 4.98 Å². The van der Waals surface area contributed by atoms with E-state index in [4.69, 9.17) is 9.72 Å². The van der Waals surface area contributed by atoms with Crippen LogP contribution in [0.15, 0.2) is 78.9 Å². The number of aromatic nitrogens is 1. The molecule has 0 aliphatic heterocycles. The van der Waals surface area contributed by atoms with Gasteiger partial charge in [0.05, 0.1) is 15.8 Å². The van der Waals surface area contributed by atoms with E-state index in [1.54, 1.807) is 4.90 Å². The highest BCUT2D eigenvalue weighted by atomic mass is 35.5. The van der Waals surface area contributed by atoms with Crippen LogP contribution in [-0.4, -0.2) is 43.0 Å². The van der Waals surface area contributed by atoms with E-state index >= 15 is 0 Å². The molecule has 0 saturated heterocycles. The number of anilines is 1. The van der Waals surface area contributed by atoms with Gasteiger partial charge in [0.15, 0.2) is 5.13 Å². The molecule has 0 aliphatic carbocycles. The number of hydrogen-bond donors (Lipinski definition) is 0. The van der Waals surface area contributed by atoms with Gasteiger partial charge in [-0.2, -0.15) is 0 Å². The number of carbonyl (C=O) groups is 1. The first kappa shape index (κ1) is 23.7. The molecule has 1 heterocycles. The normalized spacial score (nSPS) is 10.7. The fraction of sp³-hybridized carbons (Fsp3) is 0.200. The SMILES string of the molecule is CN(C)CCCN(C(=O)c1ccccc1Oc1ccccc1)c1nc2ccccc2s1.Cl. The first-order valence-corrected chi connectivity index (χ1v) is 11.1. The molecule has 32 heavy (non-hydrogen) atoms. The Morgan fingerprint density at radius 3 is 2.34 bits per heavy atom. The van der Waals surface area contributed by atoms with Gasteiger partial charge >= 0.3 is 0 Å². The summed E-state index contributed by atoms with van der Waals surface area (Å²) in [5.41, 5.74) is 1.43. The molecule has 0 N–H and O–H groups in total. The Hall–Kier alpha value is -2.93. The summed E-state index contributed by atoms with van der Waals surface area (Å²) in [6.45, 7) is 1.47. The molecule has 4 aromatic rings. The number of thiazole rings is 1. The second kappa shape index (κ2) is 11.1. The first-order valence-electron chi connectivity index (χ1n) is 10.3. The molecule has 4 rings (SSSR count). The Bertz CT molecular complexity index is 1130. The fourth-order valence-electron chi connectivity index (χ4n) is 3.30. The highest BCUT2D eigenvalue weighted by Gasteiger charge is 2.24. The third-order valence-corrected chi connectivity index (χ3v) is 5.89. The second-order valence-electron chi connectivity index (χ2n) is 7.49. The van der Waals surface area contributed by atoms with Crippen LogP contribution in [0.25, 0.3) is 10.2 Å². The highest BCUT2D eigenvalue weighted by Crippen LogP contribution is 2.32. The van der Waals surface area contributed by atoms with Crippen molar-refractivity contribution in [1.82, 2.24) is 9.88 Å². The van der Waals surface area contributed by atoms with Crippen molar-refractivity contribution in [2.75, 3.05) is 32.1 Å². The number of halogens is 1. The minimum Gasteiger partial charge on any atom is -0.457 e. The average Bonchev–Trinajstić information content (AvgIpc) is 3.21. The maximum Gasteiger partial charge on any atom is 0.263 e. The number of fused-ring (bicyclic) bond motifs is 1. The summed E-state index contributed by atoms with van der Waals surface area (Å²) in [6.07, 6.45) is 0.844. The van der Waals surface area contributed by atoms with Crippen molar-refractivity contribution < 1.29 is 9.53 Å². The fourth-order valence-corrected chi connectivity index (χ4v) is 4.29. The van der Waals surface area contributed by atoms with Crippen molar-refractivity contribution in [2.45, 2.75) is 6.42 Å². The Morgan fingerprint density at radius 2 is 1.59 bits per heavy atom. The van der Waals surface area contributed by atoms with Crippen molar-refractivity contribution in [3.8, 4) is 11.5 Å². The van der Waals surface area contributed by atoms with Gasteiger partial charge in [-0.15, -0.1) is 12.4 Å². The van der Waals surface area contributed by atoms with Gasteiger partial charge in [0.25, 0.3) is 5.91 Å². The minimum atomic E-state index is -0.107. The Balaban J connectivity index is 0.00000289. The summed E-state index contributed by atoms with van der Waals surface area (Å²) in [7, 11) is 4.07. The molecule has 0 saturated carbocycles. The quantitative estimate of drug-likeness (QED) is 0.313. The second-order valence-corrected chi connectivity index (χ2v) is 8.50. The van der Waals surface area contributed by atoms with Gasteiger partial charge in [-0.05, 0) is 63.5 Å². The van der Waals surface area contributed by atoms with Crippen LogP contribution < -0.4 is 9.64 Å². The van der Waals surface area contributed by atoms with E-state index in [1.807, 2.05) is 93.0 Å². The number of hydrogen-bond acceptors (Lipinski definition) is 5. The van der Waals surface area contributed by atoms with Crippen LogP contribution in [0.5, 0.6) is 11.5 Å². The zero-order valence-electron chi connectivity index (χ0n) is 18.1. The highest BCUT2D eigenvalue weighted by molar-refractivity contribution is 7.22. The van der Waals surface area contributed by atoms with E-state index in [0.29, 0.717) is 28.7 Å². The van der Waals surface area contributed by atoms with Crippen molar-refractivity contribution in [3.05, 3.63) is 84.4 Å². The third kappa shape index (κ3) is 5.65. The molecule has 0 fully saturated rings. The molecule has 3 aromatic carbocycles. The van der Waals surface area contributed by atoms with Crippen molar-refractivity contribution >= 4 is 45.0 Å². The van der Waals surface area contributed by atoms with E-state index in [0.717, 1.165) is 23.2 Å². The molecule has 0 spiro atoms. The van der Waals surface area contributed by atoms with Gasteiger partial charge in [-0.3, -0.25) is 9.69 Å². The number of para-hydroxylation sites is 3. The van der Waals surface area contributed by atoms with Crippen LogP contribution in [0.2, 0.25) is 0 Å². The molecule has 0 bridgehead atoms. The van der Waals surface area contributed by atoms with Crippen LogP contribution in [0.4, 0.5) is 5.13 Å². The van der Waals surface area contributed by atoms with Crippen LogP contribution in [0, 0.1) is 0 Å². The Labute approximate surface area is 198 Å². The van der Waals surface area contributed by atoms with Crippen LogP contribution in [0.1, 0.15) is 16.8 Å². The molecule has 0 unspecified atom stereocenters. The number of benzene rings is 3. The smallest absolute Gasteiger partial charge is 0.263 e. The number of amides is 1. The number of nitrogens with zero attached hydrogens (tertiary/aromatic N) is 3. The third-order valence-electron chi connectivity index (χ3n) is 4.83. The molecular formula is C25H26ClN3O2S. The van der Waals surface area contributed by atoms with Crippen molar-refractivity contribution in [2.24, 2.45) is 0 Å². The topological polar surface area (TPSA) is 45.7 Å². The van der Waals surface area contributed by atoms with Crippen molar-refractivity contribution in [3.63, 3.8) is 0 Å². The Morgan fingerprint density at radius 1 is 0.906 bits per heavy atom. The lowest BCUT2D eigenvalue weighted by Gasteiger charge is -2.22. The van der Waals surface area contributed by atoms with Gasteiger partial charge in [0, 0.05) is 6.54 Å². The van der Waals surface area contributed by atoms with E-state index in [9.17, 15) is 4.79 Å². The zero-order chi connectivity index (χ0) is 21.6. The van der Waals surface area contributed by atoms with Crippen LogP contribution >= 0.6 is 23.7 Å². The summed E-state index contributed by atoms with van der Waals surface area (Å²) in [5.74, 6) is 1.13. The standard InChI is InChI=1S/C25H25N3O2S.ClH/c1-27(2)17-10-18-28(25-26-21-14-7-9-16-23(21)31-25)24(29)20-13-6-8-15-22(20)30-19-11-4-3-5-12-19;/h3-9,11-16H,10,17-18H2,1-2H3;1H. The molecule has 166 valence electrons. The molecular weight excluding hydrogens is 442 g/mol. The molecule has 0 aliphatic rings. The predicted molar refractivity (Wildman–Crippen MR) is 135 cm³/mol. The summed E-state index contributed by atoms with van der Waals surface area (Å²) < 4.78 is 7.11. The molecule has 1 aromatic heterocycles. The zero-order valence-corrected chi connectivity index (χ0v) is 19.7. The maximum absolute atomic E-state index is 13.7. The summed E-state index contributed by atoms with van der Waals surface area (Å²) in [6, 6.07) is 24.9. The van der Waals surface area contributed by atoms with E-state index < -0.39 is 0 Å². The largest absolute Gasteiger partial charge is 0.457 e. The van der Waals surface area contributed by atoms with Crippen LogP contribution in [0.3, 0.4) is 0 Å². The van der Waals surface area contributed by atoms with Gasteiger partial charge in [-0.1, -0.05) is 53.8 Å². The summed E-state index contributed by atoms with van der Waals surface area (Å²) in [4.78, 5) is 22.3. The molecule has 1 amide bonds. The van der Waals surface area contributed by atoms with Crippen LogP contribution in [-0.2, 0) is 0 Å². The summed E-state index contributed by atoms with van der Waals surface area (Å²) in [5, 5.41) is 0.708. The van der Waals surface area contributed by atoms with Crippen molar-refractivity contribution in [1.29, 1.82) is 0 Å². The average molecular weight is 468 g/mol. The monoisotopic (exact) mass is 467 g/mol. The molecule has 0 atom stereocenters. The lowest BCUT2D eigenvalue weighted by Crippen LogP contribution is -2.33. The van der Waals surface area contributed by atoms with E-state index in [-0.39, 0.29) is 18.3 Å². The molecule has 5 nitrogen and oxygen atoms in total. The van der Waals surface area contributed by atoms with Gasteiger partial charge < -0.3 is 9.64 Å². The summed E-state index contributed by atoms with van der Waals surface area (Å²) >= 11 is 1.54. The lowest BCUT2D eigenvalue weighted by atomic mass is 10.1. The molecule has 0 radical (unpaired) electrons. The van der Waals surface area contributed by atoms with E-state index in [1.165, 1.54) is 11.3 Å². The minimum absolute atomic E-state index is 0.